The first-order valence-corrected chi connectivity index (χ1v) is 6.13. The number of nitriles is 1. The van der Waals surface area contributed by atoms with Crippen LogP contribution >= 0.6 is 0 Å². The highest BCUT2D eigenvalue weighted by molar-refractivity contribution is 5.11. The molecule has 1 aromatic rings. The van der Waals surface area contributed by atoms with Crippen LogP contribution in [0.3, 0.4) is 0 Å². The van der Waals surface area contributed by atoms with Gasteiger partial charge in [-0.1, -0.05) is 6.42 Å². The van der Waals surface area contributed by atoms with E-state index in [9.17, 15) is 0 Å². The molecule has 2 atom stereocenters. The summed E-state index contributed by atoms with van der Waals surface area (Å²) in [6.07, 6.45) is 3.85. The van der Waals surface area contributed by atoms with Crippen LogP contribution in [0.25, 0.3) is 0 Å². The van der Waals surface area contributed by atoms with Crippen LogP contribution in [0.2, 0.25) is 0 Å². The molecule has 5 heteroatoms. The van der Waals surface area contributed by atoms with E-state index in [1.54, 1.807) is 0 Å². The van der Waals surface area contributed by atoms with Gasteiger partial charge in [0.2, 0.25) is 0 Å². The number of rotatable bonds is 3. The molecule has 1 aliphatic rings. The molecule has 1 aliphatic carbocycles. The number of hydrogen-bond acceptors (Lipinski definition) is 4. The van der Waals surface area contributed by atoms with Crippen LogP contribution in [-0.2, 0) is 6.54 Å². The maximum Gasteiger partial charge on any atom is 0.147 e. The summed E-state index contributed by atoms with van der Waals surface area (Å²) in [7, 11) is 0. The van der Waals surface area contributed by atoms with Gasteiger partial charge in [0.05, 0.1) is 6.07 Å². The van der Waals surface area contributed by atoms with E-state index in [4.69, 9.17) is 11.0 Å². The maximum absolute atomic E-state index is 9.14. The van der Waals surface area contributed by atoms with E-state index in [0.717, 1.165) is 43.9 Å². The van der Waals surface area contributed by atoms with Gasteiger partial charge in [0.15, 0.2) is 0 Å². The second-order valence-electron chi connectivity index (χ2n) is 4.96. The highest BCUT2D eigenvalue weighted by atomic mass is 15.3. The van der Waals surface area contributed by atoms with Crippen LogP contribution in [0.1, 0.15) is 37.3 Å². The van der Waals surface area contributed by atoms with Crippen molar-refractivity contribution in [1.82, 2.24) is 14.8 Å². The number of nitrogens with two attached hydrogens (primary N) is 1. The minimum Gasteiger partial charge on any atom is -0.313 e. The maximum atomic E-state index is 9.14. The zero-order valence-electron chi connectivity index (χ0n) is 10.5. The van der Waals surface area contributed by atoms with E-state index in [-0.39, 0.29) is 5.92 Å². The monoisotopic (exact) mass is 233 g/mol. The zero-order chi connectivity index (χ0) is 12.5. The van der Waals surface area contributed by atoms with E-state index in [1.165, 1.54) is 0 Å². The molecule has 0 saturated heterocycles. The molecule has 1 aromatic heterocycles. The number of hydrogen-bond donors (Lipinski definition) is 1. The van der Waals surface area contributed by atoms with Crippen molar-refractivity contribution in [2.75, 3.05) is 0 Å². The van der Waals surface area contributed by atoms with Gasteiger partial charge in [-0.25, -0.2) is 4.98 Å². The molecule has 1 saturated carbocycles. The van der Waals surface area contributed by atoms with Crippen molar-refractivity contribution in [3.05, 3.63) is 11.6 Å². The summed E-state index contributed by atoms with van der Waals surface area (Å²) in [4.78, 5) is 4.27. The molecule has 0 bridgehead atoms. The molecule has 92 valence electrons. The molecular formula is C12H19N5. The predicted octanol–water partition coefficient (Wildman–Crippen LogP) is 1.31. The normalized spacial score (nSPS) is 28.2. The van der Waals surface area contributed by atoms with Gasteiger partial charge in [-0.3, -0.25) is 4.68 Å². The molecule has 0 aromatic carbocycles. The number of nitrogens with zero attached hydrogens (tertiary/aromatic N) is 4. The molecule has 0 aliphatic heterocycles. The first kappa shape index (κ1) is 12.1. The van der Waals surface area contributed by atoms with Crippen molar-refractivity contribution in [2.24, 2.45) is 11.7 Å². The Morgan fingerprint density at radius 2 is 2.35 bits per heavy atom. The Kier molecular flexibility index (Phi) is 3.16. The van der Waals surface area contributed by atoms with Crippen molar-refractivity contribution >= 4 is 0 Å². The van der Waals surface area contributed by atoms with Crippen molar-refractivity contribution in [1.29, 1.82) is 5.26 Å². The summed E-state index contributed by atoms with van der Waals surface area (Å²) in [5.41, 5.74) is 5.48. The largest absolute Gasteiger partial charge is 0.313 e. The summed E-state index contributed by atoms with van der Waals surface area (Å²) in [5.74, 6) is 2.02. The summed E-state index contributed by atoms with van der Waals surface area (Å²) < 4.78 is 1.91. The average Bonchev–Trinajstić information content (AvgIpc) is 2.80. The highest BCUT2D eigenvalue weighted by Gasteiger charge is 2.39. The molecule has 0 spiro atoms. The van der Waals surface area contributed by atoms with Crippen LogP contribution in [0.4, 0.5) is 0 Å². The molecule has 1 heterocycles. The second kappa shape index (κ2) is 4.46. The van der Waals surface area contributed by atoms with Crippen LogP contribution < -0.4 is 5.73 Å². The van der Waals surface area contributed by atoms with Gasteiger partial charge in [-0.15, -0.1) is 0 Å². The Bertz CT molecular complexity index is 444. The van der Waals surface area contributed by atoms with Gasteiger partial charge < -0.3 is 5.73 Å². The van der Waals surface area contributed by atoms with Crippen LogP contribution in [0, 0.1) is 31.1 Å². The van der Waals surface area contributed by atoms with Crippen molar-refractivity contribution < 1.29 is 0 Å². The fourth-order valence-electron chi connectivity index (χ4n) is 2.70. The Balaban J connectivity index is 1.99. The van der Waals surface area contributed by atoms with Gasteiger partial charge in [-0.05, 0) is 39.0 Å². The van der Waals surface area contributed by atoms with E-state index in [2.05, 4.69) is 16.2 Å². The van der Waals surface area contributed by atoms with Gasteiger partial charge in [0.25, 0.3) is 0 Å². The topological polar surface area (TPSA) is 80.5 Å². The summed E-state index contributed by atoms with van der Waals surface area (Å²) in [6, 6.07) is 2.28. The number of aryl methyl sites for hydroxylation is 3. The third-order valence-electron chi connectivity index (χ3n) is 3.73. The molecule has 2 unspecified atom stereocenters. The summed E-state index contributed by atoms with van der Waals surface area (Å²) in [5, 5.41) is 13.5. The molecule has 2 N–H and O–H groups in total. The smallest absolute Gasteiger partial charge is 0.147 e. The van der Waals surface area contributed by atoms with Gasteiger partial charge in [0.1, 0.15) is 17.2 Å². The predicted molar refractivity (Wildman–Crippen MR) is 64.0 cm³/mol. The Morgan fingerprint density at radius 3 is 2.94 bits per heavy atom. The first-order valence-electron chi connectivity index (χ1n) is 6.13. The Morgan fingerprint density at radius 1 is 1.59 bits per heavy atom. The van der Waals surface area contributed by atoms with Crippen molar-refractivity contribution in [3.63, 3.8) is 0 Å². The lowest BCUT2D eigenvalue weighted by Crippen LogP contribution is -2.42. The van der Waals surface area contributed by atoms with Crippen LogP contribution in [0.5, 0.6) is 0 Å². The average molecular weight is 233 g/mol. The molecule has 17 heavy (non-hydrogen) atoms. The van der Waals surface area contributed by atoms with E-state index in [1.807, 2.05) is 18.5 Å². The second-order valence-corrected chi connectivity index (χ2v) is 4.96. The summed E-state index contributed by atoms with van der Waals surface area (Å²) in [6.45, 7) is 4.65. The van der Waals surface area contributed by atoms with Gasteiger partial charge in [-0.2, -0.15) is 10.4 Å². The van der Waals surface area contributed by atoms with E-state index in [0.29, 0.717) is 0 Å². The third-order valence-corrected chi connectivity index (χ3v) is 3.73. The lowest BCUT2D eigenvalue weighted by atomic mass is 9.87. The quantitative estimate of drug-likeness (QED) is 0.853. The van der Waals surface area contributed by atoms with Crippen molar-refractivity contribution in [2.45, 2.75) is 51.6 Å². The molecule has 1 fully saturated rings. The lowest BCUT2D eigenvalue weighted by Gasteiger charge is -2.23. The van der Waals surface area contributed by atoms with E-state index < -0.39 is 5.54 Å². The molecular weight excluding hydrogens is 214 g/mol. The first-order chi connectivity index (χ1) is 8.05. The Hall–Kier alpha value is -1.41. The standard InChI is InChI=1S/C12H19N5/c1-9-15-10(2)17(16-9)7-5-11-4-3-6-12(11,14)8-13/h11H,3-7,14H2,1-2H3. The van der Waals surface area contributed by atoms with Crippen molar-refractivity contribution in [3.8, 4) is 6.07 Å². The van der Waals surface area contributed by atoms with Crippen LogP contribution in [-0.4, -0.2) is 20.3 Å². The van der Waals surface area contributed by atoms with Gasteiger partial charge >= 0.3 is 0 Å². The molecule has 0 radical (unpaired) electrons. The Labute approximate surface area is 102 Å². The SMILES string of the molecule is Cc1nc(C)n(CCC2CCCC2(N)C#N)n1. The minimum absolute atomic E-state index is 0.288. The highest BCUT2D eigenvalue weighted by Crippen LogP contribution is 2.35. The third kappa shape index (κ3) is 2.32. The van der Waals surface area contributed by atoms with E-state index >= 15 is 0 Å². The van der Waals surface area contributed by atoms with Crippen LogP contribution in [0.15, 0.2) is 0 Å². The minimum atomic E-state index is -0.621. The lowest BCUT2D eigenvalue weighted by molar-refractivity contribution is 0.344. The molecule has 5 nitrogen and oxygen atoms in total. The fraction of sp³-hybridized carbons (Fsp3) is 0.750. The number of aromatic nitrogens is 3. The van der Waals surface area contributed by atoms with Gasteiger partial charge in [0, 0.05) is 6.54 Å². The molecule has 2 rings (SSSR count). The summed E-state index contributed by atoms with van der Waals surface area (Å²) >= 11 is 0. The fourth-order valence-corrected chi connectivity index (χ4v) is 2.70. The zero-order valence-corrected chi connectivity index (χ0v) is 10.5. The molecule has 0 amide bonds.